The van der Waals surface area contributed by atoms with Crippen LogP contribution in [0.5, 0.6) is 0 Å². The molecule has 9 heteroatoms. The minimum Gasteiger partial charge on any atom is -0.444 e. The zero-order valence-corrected chi connectivity index (χ0v) is 12.7. The summed E-state index contributed by atoms with van der Waals surface area (Å²) in [7, 11) is 0. The van der Waals surface area contributed by atoms with E-state index >= 15 is 0 Å². The number of halogens is 4. The predicted octanol–water partition coefficient (Wildman–Crippen LogP) is 3.69. The van der Waals surface area contributed by atoms with Crippen LogP contribution < -0.4 is 0 Å². The van der Waals surface area contributed by atoms with Crippen molar-refractivity contribution >= 4 is 23.1 Å². The topological polar surface area (TPSA) is 55.8 Å². The lowest BCUT2D eigenvalue weighted by Gasteiger charge is -2.41. The van der Waals surface area contributed by atoms with Crippen LogP contribution in [0.2, 0.25) is 0 Å². The lowest BCUT2D eigenvalue weighted by Crippen LogP contribution is -2.56. The molecule has 1 aliphatic heterocycles. The summed E-state index contributed by atoms with van der Waals surface area (Å²) in [4.78, 5) is 23.6. The number of carbonyl (C=O) groups is 2. The Kier molecular flexibility index (Phi) is 5.02. The van der Waals surface area contributed by atoms with Crippen LogP contribution in [0.15, 0.2) is 0 Å². The van der Waals surface area contributed by atoms with Gasteiger partial charge in [0.1, 0.15) is 5.60 Å². The highest BCUT2D eigenvalue weighted by Gasteiger charge is 2.59. The van der Waals surface area contributed by atoms with Gasteiger partial charge in [-0.2, -0.15) is 13.2 Å². The van der Waals surface area contributed by atoms with E-state index in [0.29, 0.717) is 0 Å². The standard InChI is InChI=1S/C12H17ClF3NO4/c1-10(2,3)21-9(19)17-6-4-11(5-7-17,12(14,15)16)20-8(13)18/h4-7H2,1-3H3. The number of carbonyl (C=O) groups excluding carboxylic acids is 2. The molecule has 0 unspecified atom stereocenters. The third-order valence-corrected chi connectivity index (χ3v) is 3.09. The summed E-state index contributed by atoms with van der Waals surface area (Å²) in [5, 5.41) is 0. The van der Waals surface area contributed by atoms with E-state index in [2.05, 4.69) is 4.74 Å². The second-order valence-electron chi connectivity index (χ2n) is 5.80. The molecule has 1 amide bonds. The van der Waals surface area contributed by atoms with Crippen LogP contribution in [0.3, 0.4) is 0 Å². The van der Waals surface area contributed by atoms with Gasteiger partial charge in [0.25, 0.3) is 0 Å². The highest BCUT2D eigenvalue weighted by atomic mass is 35.5. The van der Waals surface area contributed by atoms with E-state index in [9.17, 15) is 22.8 Å². The fourth-order valence-corrected chi connectivity index (χ4v) is 2.12. The molecule has 1 aliphatic rings. The van der Waals surface area contributed by atoms with Crippen LogP contribution in [0.4, 0.5) is 22.8 Å². The maximum absolute atomic E-state index is 13.1. The normalized spacial score (nSPS) is 19.1. The van der Waals surface area contributed by atoms with Crippen LogP contribution in [-0.2, 0) is 9.47 Å². The Balaban J connectivity index is 2.75. The van der Waals surface area contributed by atoms with E-state index in [-0.39, 0.29) is 13.1 Å². The average Bonchev–Trinajstić information content (AvgIpc) is 2.25. The van der Waals surface area contributed by atoms with E-state index < -0.39 is 41.7 Å². The van der Waals surface area contributed by atoms with Crippen LogP contribution in [-0.4, -0.2) is 46.9 Å². The van der Waals surface area contributed by atoms with Crippen molar-refractivity contribution in [3.05, 3.63) is 0 Å². The molecule has 1 heterocycles. The van der Waals surface area contributed by atoms with Gasteiger partial charge >= 0.3 is 17.7 Å². The van der Waals surface area contributed by atoms with Gasteiger partial charge in [0.15, 0.2) is 0 Å². The second kappa shape index (κ2) is 5.90. The van der Waals surface area contributed by atoms with Crippen molar-refractivity contribution in [1.29, 1.82) is 0 Å². The minimum absolute atomic E-state index is 0.238. The Labute approximate surface area is 125 Å². The van der Waals surface area contributed by atoms with Crippen molar-refractivity contribution in [3.8, 4) is 0 Å². The number of ether oxygens (including phenoxy) is 2. The Morgan fingerprint density at radius 1 is 1.14 bits per heavy atom. The summed E-state index contributed by atoms with van der Waals surface area (Å²) in [6, 6.07) is 0. The molecule has 0 aromatic rings. The zero-order chi connectivity index (χ0) is 16.5. The second-order valence-corrected chi connectivity index (χ2v) is 6.11. The van der Waals surface area contributed by atoms with Gasteiger partial charge < -0.3 is 14.4 Å². The molecular weight excluding hydrogens is 315 g/mol. The zero-order valence-electron chi connectivity index (χ0n) is 11.9. The molecule has 0 N–H and O–H groups in total. The van der Waals surface area contributed by atoms with Gasteiger partial charge in [-0.3, -0.25) is 0 Å². The lowest BCUT2D eigenvalue weighted by atomic mass is 9.90. The lowest BCUT2D eigenvalue weighted by molar-refractivity contribution is -0.267. The monoisotopic (exact) mass is 331 g/mol. The molecular formula is C12H17ClF3NO4. The molecule has 122 valence electrons. The van der Waals surface area contributed by atoms with Gasteiger partial charge in [-0.15, -0.1) is 0 Å². The summed E-state index contributed by atoms with van der Waals surface area (Å²) in [5.74, 6) is 0. The van der Waals surface area contributed by atoms with Crippen molar-refractivity contribution in [2.24, 2.45) is 0 Å². The molecule has 0 radical (unpaired) electrons. The van der Waals surface area contributed by atoms with Crippen LogP contribution in [0.1, 0.15) is 33.6 Å². The first-order valence-corrected chi connectivity index (χ1v) is 6.67. The van der Waals surface area contributed by atoms with E-state index in [1.54, 1.807) is 20.8 Å². The molecule has 0 bridgehead atoms. The smallest absolute Gasteiger partial charge is 0.428 e. The highest BCUT2D eigenvalue weighted by molar-refractivity contribution is 6.61. The molecule has 1 saturated heterocycles. The van der Waals surface area contributed by atoms with E-state index in [1.807, 2.05) is 0 Å². The quantitative estimate of drug-likeness (QED) is 0.688. The maximum atomic E-state index is 13.1. The largest absolute Gasteiger partial charge is 0.444 e. The fourth-order valence-electron chi connectivity index (χ4n) is 1.97. The summed E-state index contributed by atoms with van der Waals surface area (Å²) >= 11 is 4.93. The first-order valence-electron chi connectivity index (χ1n) is 6.29. The molecule has 0 saturated carbocycles. The van der Waals surface area contributed by atoms with Crippen LogP contribution >= 0.6 is 11.6 Å². The summed E-state index contributed by atoms with van der Waals surface area (Å²) in [6.45, 7) is 4.50. The number of nitrogens with zero attached hydrogens (tertiary/aromatic N) is 1. The van der Waals surface area contributed by atoms with E-state index in [1.165, 1.54) is 0 Å². The Bertz CT molecular complexity index is 412. The van der Waals surface area contributed by atoms with Crippen molar-refractivity contribution < 1.29 is 32.2 Å². The van der Waals surface area contributed by atoms with E-state index in [0.717, 1.165) is 4.90 Å². The molecule has 0 spiro atoms. The first-order chi connectivity index (χ1) is 9.36. The number of hydrogen-bond donors (Lipinski definition) is 0. The van der Waals surface area contributed by atoms with Crippen LogP contribution in [0.25, 0.3) is 0 Å². The van der Waals surface area contributed by atoms with Gasteiger partial charge in [-0.25, -0.2) is 9.59 Å². The molecule has 0 aromatic heterocycles. The third kappa shape index (κ3) is 4.66. The summed E-state index contributed by atoms with van der Waals surface area (Å²) in [6.07, 6.45) is -6.60. The van der Waals surface area contributed by atoms with Gasteiger partial charge in [-0.05, 0) is 20.8 Å². The average molecular weight is 332 g/mol. The van der Waals surface area contributed by atoms with Crippen molar-refractivity contribution in [1.82, 2.24) is 4.90 Å². The minimum atomic E-state index is -4.75. The van der Waals surface area contributed by atoms with E-state index in [4.69, 9.17) is 16.3 Å². The van der Waals surface area contributed by atoms with Gasteiger partial charge in [0, 0.05) is 37.5 Å². The molecule has 21 heavy (non-hydrogen) atoms. The van der Waals surface area contributed by atoms with Crippen LogP contribution in [0, 0.1) is 0 Å². The van der Waals surface area contributed by atoms with Gasteiger partial charge in [0.2, 0.25) is 5.60 Å². The number of hydrogen-bond acceptors (Lipinski definition) is 4. The fraction of sp³-hybridized carbons (Fsp3) is 0.833. The third-order valence-electron chi connectivity index (χ3n) is 3.02. The molecule has 0 aromatic carbocycles. The molecule has 0 atom stereocenters. The van der Waals surface area contributed by atoms with Crippen molar-refractivity contribution in [3.63, 3.8) is 0 Å². The Morgan fingerprint density at radius 3 is 1.95 bits per heavy atom. The summed E-state index contributed by atoms with van der Waals surface area (Å²) < 4.78 is 48.6. The molecule has 1 fully saturated rings. The Morgan fingerprint density at radius 2 is 1.62 bits per heavy atom. The SMILES string of the molecule is CC(C)(C)OC(=O)N1CCC(OC(=O)Cl)(C(F)(F)F)CC1. The molecule has 0 aliphatic carbocycles. The van der Waals surface area contributed by atoms with Gasteiger partial charge in [0.05, 0.1) is 0 Å². The van der Waals surface area contributed by atoms with Gasteiger partial charge in [-0.1, -0.05) is 0 Å². The highest BCUT2D eigenvalue weighted by Crippen LogP contribution is 2.42. The molecule has 1 rings (SSSR count). The molecule has 5 nitrogen and oxygen atoms in total. The number of alkyl halides is 3. The number of piperidine rings is 1. The number of amides is 1. The number of likely N-dealkylation sites (tertiary alicyclic amines) is 1. The maximum Gasteiger partial charge on any atom is 0.428 e. The van der Waals surface area contributed by atoms with Crippen molar-refractivity contribution in [2.45, 2.75) is 51.0 Å². The first kappa shape index (κ1) is 17.9. The van der Waals surface area contributed by atoms with Crippen molar-refractivity contribution in [2.75, 3.05) is 13.1 Å². The summed E-state index contributed by atoms with van der Waals surface area (Å²) in [5.41, 5.74) is -4.90. The predicted molar refractivity (Wildman–Crippen MR) is 68.2 cm³/mol. The Hall–Kier alpha value is -1.18. The number of rotatable bonds is 1.